The predicted molar refractivity (Wildman–Crippen MR) is 53.6 cm³/mol. The van der Waals surface area contributed by atoms with Crippen molar-refractivity contribution in [3.8, 4) is 0 Å². The monoisotopic (exact) mass is 186 g/mol. The minimum Gasteiger partial charge on any atom is -0.393 e. The third-order valence-corrected chi connectivity index (χ3v) is 3.13. The Kier molecular flexibility index (Phi) is 4.74. The Labute approximate surface area is 81.3 Å². The van der Waals surface area contributed by atoms with Crippen LogP contribution in [0.2, 0.25) is 0 Å². The van der Waals surface area contributed by atoms with Crippen LogP contribution in [0.25, 0.3) is 0 Å². The lowest BCUT2D eigenvalue weighted by molar-refractivity contribution is 0.0423. The summed E-state index contributed by atoms with van der Waals surface area (Å²) in [4.78, 5) is 0. The summed E-state index contributed by atoms with van der Waals surface area (Å²) in [7, 11) is 1.74. The van der Waals surface area contributed by atoms with Crippen LogP contribution in [0, 0.1) is 11.8 Å². The lowest BCUT2D eigenvalue weighted by Crippen LogP contribution is -2.28. The Hall–Kier alpha value is -0.0800. The molecule has 1 saturated carbocycles. The molecule has 2 nitrogen and oxygen atoms in total. The summed E-state index contributed by atoms with van der Waals surface area (Å²) < 4.78 is 5.01. The zero-order chi connectivity index (χ0) is 9.68. The Bertz CT molecular complexity index is 136. The maximum Gasteiger partial charge on any atom is 0.0568 e. The molecule has 1 rings (SSSR count). The molecule has 3 unspecified atom stereocenters. The molecule has 0 aromatic carbocycles. The second-order valence-electron chi connectivity index (χ2n) is 4.38. The molecule has 0 aromatic rings. The van der Waals surface area contributed by atoms with Gasteiger partial charge in [-0.25, -0.2) is 0 Å². The molecule has 78 valence electrons. The zero-order valence-corrected chi connectivity index (χ0v) is 8.83. The smallest absolute Gasteiger partial charge is 0.0568 e. The lowest BCUT2D eigenvalue weighted by atomic mass is 9.78. The lowest BCUT2D eigenvalue weighted by Gasteiger charge is -2.31. The number of hydrogen-bond donors (Lipinski definition) is 1. The van der Waals surface area contributed by atoms with Crippen molar-refractivity contribution in [2.24, 2.45) is 11.8 Å². The molecule has 0 amide bonds. The Morgan fingerprint density at radius 2 is 2.15 bits per heavy atom. The predicted octanol–water partition coefficient (Wildman–Crippen LogP) is 2.21. The van der Waals surface area contributed by atoms with Crippen molar-refractivity contribution in [2.45, 2.75) is 45.1 Å². The summed E-state index contributed by atoms with van der Waals surface area (Å²) in [6.45, 7) is 3.12. The molecule has 1 N–H and O–H groups in total. The number of aliphatic hydroxyl groups is 1. The van der Waals surface area contributed by atoms with Crippen LogP contribution in [0.3, 0.4) is 0 Å². The average Bonchev–Trinajstić information content (AvgIpc) is 2.11. The third kappa shape index (κ3) is 3.65. The van der Waals surface area contributed by atoms with Crippen LogP contribution >= 0.6 is 0 Å². The highest BCUT2D eigenvalue weighted by Gasteiger charge is 2.26. The number of aliphatic hydroxyl groups excluding tert-OH is 1. The molecule has 1 aliphatic rings. The van der Waals surface area contributed by atoms with E-state index in [2.05, 4.69) is 6.92 Å². The number of rotatable bonds is 4. The minimum atomic E-state index is -0.0481. The first kappa shape index (κ1) is 11.0. The van der Waals surface area contributed by atoms with Gasteiger partial charge >= 0.3 is 0 Å². The maximum absolute atomic E-state index is 9.75. The normalized spacial score (nSPS) is 34.8. The van der Waals surface area contributed by atoms with E-state index in [1.807, 2.05) is 0 Å². The van der Waals surface area contributed by atoms with Gasteiger partial charge in [-0.2, -0.15) is 0 Å². The van der Waals surface area contributed by atoms with Crippen molar-refractivity contribution in [2.75, 3.05) is 13.7 Å². The van der Waals surface area contributed by atoms with E-state index >= 15 is 0 Å². The van der Waals surface area contributed by atoms with Crippen molar-refractivity contribution < 1.29 is 9.84 Å². The molecule has 1 fully saturated rings. The molecule has 0 bridgehead atoms. The van der Waals surface area contributed by atoms with E-state index < -0.39 is 0 Å². The topological polar surface area (TPSA) is 29.5 Å². The standard InChI is InChI=1S/C11H22O2/c1-9-5-6-11(12)10(8-9)4-3-7-13-2/h9-12H,3-8H2,1-2H3. The van der Waals surface area contributed by atoms with E-state index in [-0.39, 0.29) is 6.10 Å². The molecule has 0 radical (unpaired) electrons. The molecule has 13 heavy (non-hydrogen) atoms. The first-order valence-electron chi connectivity index (χ1n) is 5.41. The SMILES string of the molecule is COCCCC1CC(C)CCC1O. The van der Waals surface area contributed by atoms with Crippen molar-refractivity contribution in [1.82, 2.24) is 0 Å². The Balaban J connectivity index is 2.21. The molecule has 0 spiro atoms. The minimum absolute atomic E-state index is 0.0481. The van der Waals surface area contributed by atoms with E-state index in [1.165, 1.54) is 12.8 Å². The molecular weight excluding hydrogens is 164 g/mol. The fraction of sp³-hybridized carbons (Fsp3) is 1.00. The van der Waals surface area contributed by atoms with E-state index in [0.29, 0.717) is 5.92 Å². The molecule has 1 aliphatic carbocycles. The molecule has 3 atom stereocenters. The van der Waals surface area contributed by atoms with Gasteiger partial charge in [-0.3, -0.25) is 0 Å². The van der Waals surface area contributed by atoms with Gasteiger partial charge in [-0.1, -0.05) is 6.92 Å². The molecule has 0 heterocycles. The van der Waals surface area contributed by atoms with Crippen LogP contribution in [-0.4, -0.2) is 24.9 Å². The highest BCUT2D eigenvalue weighted by atomic mass is 16.5. The highest BCUT2D eigenvalue weighted by molar-refractivity contribution is 4.77. The van der Waals surface area contributed by atoms with Gasteiger partial charge < -0.3 is 9.84 Å². The Morgan fingerprint density at radius 3 is 2.85 bits per heavy atom. The fourth-order valence-corrected chi connectivity index (χ4v) is 2.28. The summed E-state index contributed by atoms with van der Waals surface area (Å²) in [6.07, 6.45) is 5.56. The van der Waals surface area contributed by atoms with Crippen LogP contribution in [0.15, 0.2) is 0 Å². The summed E-state index contributed by atoms with van der Waals surface area (Å²) >= 11 is 0. The van der Waals surface area contributed by atoms with Crippen LogP contribution in [0.1, 0.15) is 39.0 Å². The van der Waals surface area contributed by atoms with Crippen molar-refractivity contribution >= 4 is 0 Å². The van der Waals surface area contributed by atoms with Crippen LogP contribution in [0.4, 0.5) is 0 Å². The highest BCUT2D eigenvalue weighted by Crippen LogP contribution is 2.31. The molecule has 2 heteroatoms. The van der Waals surface area contributed by atoms with Crippen molar-refractivity contribution in [1.29, 1.82) is 0 Å². The van der Waals surface area contributed by atoms with Crippen LogP contribution < -0.4 is 0 Å². The quantitative estimate of drug-likeness (QED) is 0.682. The van der Waals surface area contributed by atoms with Crippen LogP contribution in [0.5, 0.6) is 0 Å². The Morgan fingerprint density at radius 1 is 1.38 bits per heavy atom. The second kappa shape index (κ2) is 5.61. The van der Waals surface area contributed by atoms with E-state index in [4.69, 9.17) is 4.74 Å². The van der Waals surface area contributed by atoms with Gasteiger partial charge in [0.25, 0.3) is 0 Å². The van der Waals surface area contributed by atoms with Crippen molar-refractivity contribution in [3.63, 3.8) is 0 Å². The third-order valence-electron chi connectivity index (χ3n) is 3.13. The first-order valence-corrected chi connectivity index (χ1v) is 5.41. The summed E-state index contributed by atoms with van der Waals surface area (Å²) in [5, 5.41) is 9.75. The number of ether oxygens (including phenoxy) is 1. The first-order chi connectivity index (χ1) is 6.24. The summed E-state index contributed by atoms with van der Waals surface area (Å²) in [5.41, 5.74) is 0. The fourth-order valence-electron chi connectivity index (χ4n) is 2.28. The summed E-state index contributed by atoms with van der Waals surface area (Å²) in [6, 6.07) is 0. The molecule has 0 aromatic heterocycles. The van der Waals surface area contributed by atoms with Crippen molar-refractivity contribution in [3.05, 3.63) is 0 Å². The van der Waals surface area contributed by atoms with Crippen LogP contribution in [-0.2, 0) is 4.74 Å². The van der Waals surface area contributed by atoms with Gasteiger partial charge in [-0.05, 0) is 43.9 Å². The van der Waals surface area contributed by atoms with Gasteiger partial charge in [0.05, 0.1) is 6.10 Å². The second-order valence-corrected chi connectivity index (χ2v) is 4.38. The number of methoxy groups -OCH3 is 1. The van der Waals surface area contributed by atoms with Gasteiger partial charge in [-0.15, -0.1) is 0 Å². The van der Waals surface area contributed by atoms with Gasteiger partial charge in [0, 0.05) is 13.7 Å². The van der Waals surface area contributed by atoms with Gasteiger partial charge in [0.1, 0.15) is 0 Å². The van der Waals surface area contributed by atoms with Gasteiger partial charge in [0.15, 0.2) is 0 Å². The number of hydrogen-bond acceptors (Lipinski definition) is 2. The molecule has 0 aliphatic heterocycles. The largest absolute Gasteiger partial charge is 0.393 e. The zero-order valence-electron chi connectivity index (χ0n) is 8.83. The molecular formula is C11H22O2. The summed E-state index contributed by atoms with van der Waals surface area (Å²) in [5.74, 6) is 1.33. The van der Waals surface area contributed by atoms with E-state index in [1.54, 1.807) is 7.11 Å². The van der Waals surface area contributed by atoms with Gasteiger partial charge in [0.2, 0.25) is 0 Å². The average molecular weight is 186 g/mol. The maximum atomic E-state index is 9.75. The van der Waals surface area contributed by atoms with E-state index in [9.17, 15) is 5.11 Å². The molecule has 0 saturated heterocycles. The van der Waals surface area contributed by atoms with E-state index in [0.717, 1.165) is 31.8 Å².